The number of sulfonamides is 1. The SMILES string of the molecule is CSc1ccccc1NS(=O)(=O)c1cc(N)ccc1F. The summed E-state index contributed by atoms with van der Waals surface area (Å²) in [5.41, 5.74) is 6.10. The molecule has 2 aromatic rings. The monoisotopic (exact) mass is 312 g/mol. The number of nitrogen functional groups attached to an aromatic ring is 1. The fourth-order valence-corrected chi connectivity index (χ4v) is 3.47. The minimum Gasteiger partial charge on any atom is -0.399 e. The largest absolute Gasteiger partial charge is 0.399 e. The van der Waals surface area contributed by atoms with Crippen molar-refractivity contribution < 1.29 is 12.8 Å². The lowest BCUT2D eigenvalue weighted by molar-refractivity contribution is 0.570. The normalized spacial score (nSPS) is 11.3. The van der Waals surface area contributed by atoms with Gasteiger partial charge in [-0.05, 0) is 36.6 Å². The Morgan fingerprint density at radius 2 is 1.90 bits per heavy atom. The molecule has 106 valence electrons. The lowest BCUT2D eigenvalue weighted by Gasteiger charge is -2.12. The molecule has 0 spiro atoms. The van der Waals surface area contributed by atoms with E-state index in [1.807, 2.05) is 6.26 Å². The van der Waals surface area contributed by atoms with Gasteiger partial charge in [-0.25, -0.2) is 12.8 Å². The topological polar surface area (TPSA) is 72.2 Å². The third-order valence-electron chi connectivity index (χ3n) is 2.60. The number of anilines is 2. The number of nitrogens with two attached hydrogens (primary N) is 1. The lowest BCUT2D eigenvalue weighted by atomic mass is 10.3. The van der Waals surface area contributed by atoms with E-state index in [4.69, 9.17) is 5.73 Å². The quantitative estimate of drug-likeness (QED) is 0.672. The highest BCUT2D eigenvalue weighted by molar-refractivity contribution is 7.99. The van der Waals surface area contributed by atoms with Gasteiger partial charge < -0.3 is 5.73 Å². The third kappa shape index (κ3) is 3.05. The van der Waals surface area contributed by atoms with Crippen LogP contribution in [0.15, 0.2) is 52.3 Å². The Kier molecular flexibility index (Phi) is 4.20. The number of benzene rings is 2. The number of hydrogen-bond acceptors (Lipinski definition) is 4. The molecule has 0 amide bonds. The van der Waals surface area contributed by atoms with Crippen LogP contribution in [-0.2, 0) is 10.0 Å². The molecule has 0 saturated carbocycles. The van der Waals surface area contributed by atoms with Crippen LogP contribution in [0.2, 0.25) is 0 Å². The predicted octanol–water partition coefficient (Wildman–Crippen LogP) is 2.93. The van der Waals surface area contributed by atoms with Gasteiger partial charge in [0.15, 0.2) is 0 Å². The van der Waals surface area contributed by atoms with E-state index in [9.17, 15) is 12.8 Å². The minimum atomic E-state index is -4.02. The summed E-state index contributed by atoms with van der Waals surface area (Å²) in [7, 11) is -4.02. The van der Waals surface area contributed by atoms with E-state index in [-0.39, 0.29) is 5.69 Å². The molecule has 4 nitrogen and oxygen atoms in total. The Bertz CT molecular complexity index is 733. The smallest absolute Gasteiger partial charge is 0.264 e. The zero-order chi connectivity index (χ0) is 14.8. The van der Waals surface area contributed by atoms with Crippen LogP contribution >= 0.6 is 11.8 Å². The molecule has 0 atom stereocenters. The van der Waals surface area contributed by atoms with Crippen LogP contribution in [0.4, 0.5) is 15.8 Å². The summed E-state index contributed by atoms with van der Waals surface area (Å²) in [6.07, 6.45) is 1.83. The molecular weight excluding hydrogens is 299 g/mol. The number of para-hydroxylation sites is 1. The van der Waals surface area contributed by atoms with Gasteiger partial charge in [0, 0.05) is 10.6 Å². The summed E-state index contributed by atoms with van der Waals surface area (Å²) in [4.78, 5) is 0.286. The lowest BCUT2D eigenvalue weighted by Crippen LogP contribution is -2.15. The molecule has 0 aliphatic rings. The maximum absolute atomic E-state index is 13.7. The second-order valence-electron chi connectivity index (χ2n) is 4.00. The Hall–Kier alpha value is -1.73. The van der Waals surface area contributed by atoms with Gasteiger partial charge in [0.2, 0.25) is 0 Å². The fraction of sp³-hybridized carbons (Fsp3) is 0.0769. The van der Waals surface area contributed by atoms with Crippen molar-refractivity contribution in [1.82, 2.24) is 0 Å². The summed E-state index contributed by atoms with van der Waals surface area (Å²) in [5.74, 6) is -0.840. The Labute approximate surface area is 121 Å². The maximum atomic E-state index is 13.7. The summed E-state index contributed by atoms with van der Waals surface area (Å²) in [5, 5.41) is 0. The van der Waals surface area contributed by atoms with E-state index < -0.39 is 20.7 Å². The van der Waals surface area contributed by atoms with Crippen molar-refractivity contribution in [2.75, 3.05) is 16.7 Å². The number of halogens is 1. The summed E-state index contributed by atoms with van der Waals surface area (Å²) in [6.45, 7) is 0. The number of thioether (sulfide) groups is 1. The zero-order valence-electron chi connectivity index (χ0n) is 10.6. The molecule has 2 rings (SSSR count). The molecular formula is C13H13FN2O2S2. The van der Waals surface area contributed by atoms with Gasteiger partial charge in [0.1, 0.15) is 10.7 Å². The minimum absolute atomic E-state index is 0.185. The summed E-state index contributed by atoms with van der Waals surface area (Å²) in [6, 6.07) is 10.3. The predicted molar refractivity (Wildman–Crippen MR) is 79.8 cm³/mol. The highest BCUT2D eigenvalue weighted by Crippen LogP contribution is 2.28. The number of rotatable bonds is 4. The average Bonchev–Trinajstić information content (AvgIpc) is 2.41. The van der Waals surface area contributed by atoms with Crippen LogP contribution in [0.3, 0.4) is 0 Å². The van der Waals surface area contributed by atoms with Crippen LogP contribution in [0.25, 0.3) is 0 Å². The molecule has 0 fully saturated rings. The van der Waals surface area contributed by atoms with E-state index in [1.165, 1.54) is 17.8 Å². The van der Waals surface area contributed by atoms with Gasteiger partial charge in [-0.3, -0.25) is 4.72 Å². The highest BCUT2D eigenvalue weighted by Gasteiger charge is 2.20. The molecule has 0 heterocycles. The molecule has 2 aromatic carbocycles. The zero-order valence-corrected chi connectivity index (χ0v) is 12.3. The van der Waals surface area contributed by atoms with Crippen molar-refractivity contribution in [2.45, 2.75) is 9.79 Å². The molecule has 7 heteroatoms. The maximum Gasteiger partial charge on any atom is 0.264 e. The molecule has 0 saturated heterocycles. The van der Waals surface area contributed by atoms with Crippen molar-refractivity contribution in [1.29, 1.82) is 0 Å². The first-order valence-electron chi connectivity index (χ1n) is 5.65. The van der Waals surface area contributed by atoms with Crippen LogP contribution in [0.1, 0.15) is 0 Å². The van der Waals surface area contributed by atoms with Gasteiger partial charge in [-0.15, -0.1) is 11.8 Å². The third-order valence-corrected chi connectivity index (χ3v) is 4.77. The van der Waals surface area contributed by atoms with Gasteiger partial charge >= 0.3 is 0 Å². The second-order valence-corrected chi connectivity index (χ2v) is 6.49. The molecule has 20 heavy (non-hydrogen) atoms. The van der Waals surface area contributed by atoms with Gasteiger partial charge in [-0.1, -0.05) is 12.1 Å². The van der Waals surface area contributed by atoms with Crippen molar-refractivity contribution in [3.63, 3.8) is 0 Å². The van der Waals surface area contributed by atoms with Gasteiger partial charge in [0.05, 0.1) is 5.69 Å². The van der Waals surface area contributed by atoms with Crippen LogP contribution in [0, 0.1) is 5.82 Å². The average molecular weight is 312 g/mol. The highest BCUT2D eigenvalue weighted by atomic mass is 32.2. The Morgan fingerprint density at radius 3 is 2.60 bits per heavy atom. The van der Waals surface area contributed by atoms with E-state index in [0.717, 1.165) is 17.0 Å². The first-order valence-corrected chi connectivity index (χ1v) is 8.35. The van der Waals surface area contributed by atoms with E-state index in [0.29, 0.717) is 5.69 Å². The first kappa shape index (κ1) is 14.7. The van der Waals surface area contributed by atoms with E-state index in [1.54, 1.807) is 24.3 Å². The fourth-order valence-electron chi connectivity index (χ4n) is 1.65. The van der Waals surface area contributed by atoms with E-state index >= 15 is 0 Å². The first-order chi connectivity index (χ1) is 9.44. The molecule has 0 aliphatic heterocycles. The molecule has 0 aliphatic carbocycles. The number of nitrogens with one attached hydrogen (secondary N) is 1. The Balaban J connectivity index is 2.43. The number of hydrogen-bond donors (Lipinski definition) is 2. The van der Waals surface area contributed by atoms with Crippen LogP contribution < -0.4 is 10.5 Å². The van der Waals surface area contributed by atoms with Crippen molar-refractivity contribution in [3.05, 3.63) is 48.3 Å². The van der Waals surface area contributed by atoms with E-state index in [2.05, 4.69) is 4.72 Å². The van der Waals surface area contributed by atoms with Crippen molar-refractivity contribution >= 4 is 33.2 Å². The van der Waals surface area contributed by atoms with Gasteiger partial charge in [0.25, 0.3) is 10.0 Å². The van der Waals surface area contributed by atoms with Crippen molar-refractivity contribution in [2.24, 2.45) is 0 Å². The second kappa shape index (κ2) is 5.72. The molecule has 3 N–H and O–H groups in total. The van der Waals surface area contributed by atoms with Crippen LogP contribution in [-0.4, -0.2) is 14.7 Å². The molecule has 0 aromatic heterocycles. The molecule has 0 unspecified atom stereocenters. The Morgan fingerprint density at radius 1 is 1.20 bits per heavy atom. The molecule has 0 bridgehead atoms. The van der Waals surface area contributed by atoms with Crippen LogP contribution in [0.5, 0.6) is 0 Å². The standard InChI is InChI=1S/C13H13FN2O2S2/c1-19-12-5-3-2-4-11(12)16-20(17,18)13-8-9(15)6-7-10(13)14/h2-8,16H,15H2,1H3. The van der Waals surface area contributed by atoms with Gasteiger partial charge in [-0.2, -0.15) is 0 Å². The summed E-state index contributed by atoms with van der Waals surface area (Å²) >= 11 is 1.39. The van der Waals surface area contributed by atoms with Crippen molar-refractivity contribution in [3.8, 4) is 0 Å². The summed E-state index contributed by atoms with van der Waals surface area (Å²) < 4.78 is 40.5. The molecule has 0 radical (unpaired) electrons.